The molecule has 0 aliphatic carbocycles. The van der Waals surface area contributed by atoms with Crippen LogP contribution in [-0.2, 0) is 0 Å². The van der Waals surface area contributed by atoms with Crippen molar-refractivity contribution in [2.24, 2.45) is 5.16 Å². The van der Waals surface area contributed by atoms with Gasteiger partial charge in [-0.1, -0.05) is 23.4 Å². The van der Waals surface area contributed by atoms with Crippen LogP contribution in [0, 0.1) is 0 Å². The van der Waals surface area contributed by atoms with E-state index in [0.717, 1.165) is 16.5 Å². The van der Waals surface area contributed by atoms with E-state index in [1.165, 1.54) is 0 Å². The molecule has 14 heavy (non-hydrogen) atoms. The molecule has 3 heteroatoms. The Hall–Kier alpha value is -1.90. The van der Waals surface area contributed by atoms with Crippen LogP contribution >= 0.6 is 0 Å². The van der Waals surface area contributed by atoms with E-state index < -0.39 is 0 Å². The number of rotatable bonds is 1. The van der Waals surface area contributed by atoms with Gasteiger partial charge >= 0.3 is 0 Å². The van der Waals surface area contributed by atoms with Gasteiger partial charge in [0, 0.05) is 17.1 Å². The lowest BCUT2D eigenvalue weighted by molar-refractivity contribution is 0.319. The minimum atomic E-state index is 0.572. The Bertz CT molecular complexity index is 491. The molecule has 70 valence electrons. The summed E-state index contributed by atoms with van der Waals surface area (Å²) >= 11 is 0. The predicted octanol–water partition coefficient (Wildman–Crippen LogP) is 2.43. The molecule has 0 saturated heterocycles. The lowest BCUT2D eigenvalue weighted by atomic mass is 10.1. The largest absolute Gasteiger partial charge is 0.411 e. The van der Waals surface area contributed by atoms with Crippen molar-refractivity contribution in [1.29, 1.82) is 0 Å². The Morgan fingerprint density at radius 1 is 1.36 bits per heavy atom. The van der Waals surface area contributed by atoms with Crippen LogP contribution in [-0.4, -0.2) is 15.9 Å². The van der Waals surface area contributed by atoms with E-state index in [-0.39, 0.29) is 0 Å². The monoisotopic (exact) mass is 186 g/mol. The van der Waals surface area contributed by atoms with Gasteiger partial charge in [0.1, 0.15) is 0 Å². The molecule has 1 aromatic heterocycles. The first-order valence-electron chi connectivity index (χ1n) is 4.35. The summed E-state index contributed by atoms with van der Waals surface area (Å²) in [5, 5.41) is 12.8. The first-order chi connectivity index (χ1) is 6.81. The van der Waals surface area contributed by atoms with Gasteiger partial charge in [-0.3, -0.25) is 4.98 Å². The molecule has 0 aliphatic heterocycles. The molecule has 2 rings (SSSR count). The fraction of sp³-hybridized carbons (Fsp3) is 0.0909. The average molecular weight is 186 g/mol. The van der Waals surface area contributed by atoms with Crippen LogP contribution in [0.15, 0.2) is 41.7 Å². The number of hydrogen-bond donors (Lipinski definition) is 1. The summed E-state index contributed by atoms with van der Waals surface area (Å²) in [4.78, 5) is 4.26. The third-order valence-electron chi connectivity index (χ3n) is 2.16. The Labute approximate surface area is 81.7 Å². The summed E-state index contributed by atoms with van der Waals surface area (Å²) in [6.07, 6.45) is 1.71. The molecule has 1 aromatic carbocycles. The van der Waals surface area contributed by atoms with Crippen LogP contribution < -0.4 is 0 Å². The summed E-state index contributed by atoms with van der Waals surface area (Å²) in [7, 11) is 0. The van der Waals surface area contributed by atoms with E-state index in [2.05, 4.69) is 10.1 Å². The maximum atomic E-state index is 8.62. The number of fused-ring (bicyclic) bond motifs is 1. The Morgan fingerprint density at radius 3 is 2.93 bits per heavy atom. The zero-order valence-corrected chi connectivity index (χ0v) is 7.81. The highest BCUT2D eigenvalue weighted by Crippen LogP contribution is 2.12. The van der Waals surface area contributed by atoms with Crippen molar-refractivity contribution in [3.05, 3.63) is 42.1 Å². The van der Waals surface area contributed by atoms with Gasteiger partial charge in [0.15, 0.2) is 0 Å². The molecular weight excluding hydrogens is 176 g/mol. The van der Waals surface area contributed by atoms with Crippen LogP contribution in [0.25, 0.3) is 10.9 Å². The van der Waals surface area contributed by atoms with Crippen molar-refractivity contribution in [3.63, 3.8) is 0 Å². The van der Waals surface area contributed by atoms with Crippen LogP contribution in [0.3, 0.4) is 0 Å². The topological polar surface area (TPSA) is 45.5 Å². The van der Waals surface area contributed by atoms with E-state index >= 15 is 0 Å². The summed E-state index contributed by atoms with van der Waals surface area (Å²) in [5.74, 6) is 0. The smallest absolute Gasteiger partial charge is 0.0852 e. The zero-order chi connectivity index (χ0) is 9.97. The standard InChI is InChI=1S/C11H10N2O/c1-8(13-14)10-6-9-4-2-3-5-11(9)12-7-10/h2-7,14H,1H3/b13-8+. The highest BCUT2D eigenvalue weighted by molar-refractivity contribution is 6.00. The van der Waals surface area contributed by atoms with E-state index in [4.69, 9.17) is 5.21 Å². The first-order valence-corrected chi connectivity index (χ1v) is 4.35. The molecule has 0 radical (unpaired) electrons. The SMILES string of the molecule is C/C(=N\O)c1cnc2ccccc2c1. The molecule has 1 heterocycles. The van der Waals surface area contributed by atoms with E-state index in [1.54, 1.807) is 13.1 Å². The number of aromatic nitrogens is 1. The van der Waals surface area contributed by atoms with Gasteiger partial charge in [-0.25, -0.2) is 0 Å². The first kappa shape index (κ1) is 8.69. The summed E-state index contributed by atoms with van der Waals surface area (Å²) in [6.45, 7) is 1.74. The number of para-hydroxylation sites is 1. The highest BCUT2D eigenvalue weighted by Gasteiger charge is 1.99. The summed E-state index contributed by atoms with van der Waals surface area (Å²) < 4.78 is 0. The van der Waals surface area contributed by atoms with Crippen molar-refractivity contribution in [3.8, 4) is 0 Å². The number of hydrogen-bond acceptors (Lipinski definition) is 3. The Balaban J connectivity index is 2.62. The molecule has 0 saturated carbocycles. The van der Waals surface area contributed by atoms with Crippen molar-refractivity contribution in [2.45, 2.75) is 6.92 Å². The fourth-order valence-electron chi connectivity index (χ4n) is 1.33. The molecule has 3 nitrogen and oxygen atoms in total. The number of benzene rings is 1. The molecule has 0 amide bonds. The molecular formula is C11H10N2O. The molecule has 2 aromatic rings. The second kappa shape index (κ2) is 3.46. The zero-order valence-electron chi connectivity index (χ0n) is 7.81. The minimum Gasteiger partial charge on any atom is -0.411 e. The second-order valence-electron chi connectivity index (χ2n) is 3.10. The number of nitrogens with zero attached hydrogens (tertiary/aromatic N) is 2. The molecule has 1 N–H and O–H groups in total. The van der Waals surface area contributed by atoms with E-state index in [0.29, 0.717) is 5.71 Å². The molecule has 0 fully saturated rings. The van der Waals surface area contributed by atoms with Gasteiger partial charge in [0.05, 0.1) is 11.2 Å². The van der Waals surface area contributed by atoms with Crippen LogP contribution in [0.2, 0.25) is 0 Å². The quantitative estimate of drug-likeness (QED) is 0.422. The van der Waals surface area contributed by atoms with Crippen molar-refractivity contribution in [2.75, 3.05) is 0 Å². The van der Waals surface area contributed by atoms with Crippen molar-refractivity contribution < 1.29 is 5.21 Å². The Morgan fingerprint density at radius 2 is 2.14 bits per heavy atom. The van der Waals surface area contributed by atoms with Gasteiger partial charge in [-0.05, 0) is 19.1 Å². The lowest BCUT2D eigenvalue weighted by Gasteiger charge is -2.00. The van der Waals surface area contributed by atoms with Crippen molar-refractivity contribution in [1.82, 2.24) is 4.98 Å². The second-order valence-corrected chi connectivity index (χ2v) is 3.10. The fourth-order valence-corrected chi connectivity index (χ4v) is 1.33. The van der Waals surface area contributed by atoms with Gasteiger partial charge in [-0.15, -0.1) is 0 Å². The molecule has 0 atom stereocenters. The number of pyridine rings is 1. The highest BCUT2D eigenvalue weighted by atomic mass is 16.4. The van der Waals surface area contributed by atoms with Gasteiger partial charge in [-0.2, -0.15) is 0 Å². The molecule has 0 bridgehead atoms. The summed E-state index contributed by atoms with van der Waals surface area (Å²) in [6, 6.07) is 9.79. The van der Waals surface area contributed by atoms with Crippen LogP contribution in [0.4, 0.5) is 0 Å². The molecule has 0 aliphatic rings. The third kappa shape index (κ3) is 1.44. The number of oxime groups is 1. The summed E-state index contributed by atoms with van der Waals surface area (Å²) in [5.41, 5.74) is 2.36. The maximum Gasteiger partial charge on any atom is 0.0852 e. The molecule has 0 unspecified atom stereocenters. The Kier molecular flexibility index (Phi) is 2.14. The third-order valence-corrected chi connectivity index (χ3v) is 2.16. The van der Waals surface area contributed by atoms with Crippen LogP contribution in [0.1, 0.15) is 12.5 Å². The van der Waals surface area contributed by atoms with E-state index in [1.807, 2.05) is 30.3 Å². The predicted molar refractivity (Wildman–Crippen MR) is 55.7 cm³/mol. The minimum absolute atomic E-state index is 0.572. The molecule has 0 spiro atoms. The van der Waals surface area contributed by atoms with Gasteiger partial charge in [0.2, 0.25) is 0 Å². The average Bonchev–Trinajstić information content (AvgIpc) is 2.27. The van der Waals surface area contributed by atoms with Crippen LogP contribution in [0.5, 0.6) is 0 Å². The van der Waals surface area contributed by atoms with E-state index in [9.17, 15) is 0 Å². The van der Waals surface area contributed by atoms with Gasteiger partial charge < -0.3 is 5.21 Å². The maximum absolute atomic E-state index is 8.62. The lowest BCUT2D eigenvalue weighted by Crippen LogP contribution is -1.95. The van der Waals surface area contributed by atoms with Crippen molar-refractivity contribution >= 4 is 16.6 Å². The normalized spacial score (nSPS) is 11.9. The van der Waals surface area contributed by atoms with Gasteiger partial charge in [0.25, 0.3) is 0 Å².